The Labute approximate surface area is 136 Å². The number of amides is 1. The van der Waals surface area contributed by atoms with Gasteiger partial charge in [0.05, 0.1) is 7.11 Å². The van der Waals surface area contributed by atoms with Crippen LogP contribution in [0.4, 0.5) is 0 Å². The van der Waals surface area contributed by atoms with E-state index in [4.69, 9.17) is 4.74 Å². The summed E-state index contributed by atoms with van der Waals surface area (Å²) in [6.07, 6.45) is 7.50. The average Bonchev–Trinajstić information content (AvgIpc) is 3.00. The summed E-state index contributed by atoms with van der Waals surface area (Å²) in [5.74, 6) is 2.03. The molecule has 6 nitrogen and oxygen atoms in total. The number of hydrogen-bond donors (Lipinski definition) is 0. The first-order valence-corrected chi connectivity index (χ1v) is 7.95. The maximum Gasteiger partial charge on any atom is 0.259 e. The van der Waals surface area contributed by atoms with Crippen LogP contribution >= 0.6 is 0 Å². The highest BCUT2D eigenvalue weighted by Gasteiger charge is 2.26. The lowest BCUT2D eigenvalue weighted by atomic mass is 9.96. The van der Waals surface area contributed by atoms with Crippen molar-refractivity contribution in [3.63, 3.8) is 0 Å². The maximum atomic E-state index is 12.6. The van der Waals surface area contributed by atoms with Gasteiger partial charge in [0.15, 0.2) is 0 Å². The normalized spacial score (nSPS) is 15.7. The highest BCUT2D eigenvalue weighted by atomic mass is 16.5. The van der Waals surface area contributed by atoms with Crippen LogP contribution in [0, 0.1) is 12.8 Å². The first kappa shape index (κ1) is 15.5. The van der Waals surface area contributed by atoms with E-state index in [1.165, 1.54) is 0 Å². The van der Waals surface area contributed by atoms with Gasteiger partial charge in [-0.05, 0) is 37.8 Å². The molecule has 0 spiro atoms. The molecular weight excluding hydrogens is 292 g/mol. The maximum absolute atomic E-state index is 12.6. The van der Waals surface area contributed by atoms with E-state index in [-0.39, 0.29) is 5.91 Å². The Hall–Kier alpha value is -2.37. The van der Waals surface area contributed by atoms with E-state index in [1.54, 1.807) is 25.4 Å². The molecular formula is C17H22N4O2. The molecule has 0 N–H and O–H groups in total. The lowest BCUT2D eigenvalue weighted by molar-refractivity contribution is 0.0678. The molecule has 0 bridgehead atoms. The van der Waals surface area contributed by atoms with Gasteiger partial charge in [0, 0.05) is 38.2 Å². The number of piperidine rings is 1. The van der Waals surface area contributed by atoms with Crippen molar-refractivity contribution in [2.45, 2.75) is 26.3 Å². The number of pyridine rings is 1. The molecule has 122 valence electrons. The lowest BCUT2D eigenvalue weighted by Gasteiger charge is -2.32. The van der Waals surface area contributed by atoms with Gasteiger partial charge in [0.1, 0.15) is 11.4 Å². The van der Waals surface area contributed by atoms with Crippen molar-refractivity contribution < 1.29 is 9.53 Å². The van der Waals surface area contributed by atoms with Gasteiger partial charge in [-0.1, -0.05) is 0 Å². The first-order valence-electron chi connectivity index (χ1n) is 7.95. The third-order valence-electron chi connectivity index (χ3n) is 4.48. The van der Waals surface area contributed by atoms with Crippen LogP contribution in [0.15, 0.2) is 30.7 Å². The molecule has 0 aliphatic carbocycles. The van der Waals surface area contributed by atoms with Gasteiger partial charge in [-0.2, -0.15) is 0 Å². The summed E-state index contributed by atoms with van der Waals surface area (Å²) in [4.78, 5) is 22.9. The van der Waals surface area contributed by atoms with Gasteiger partial charge < -0.3 is 14.2 Å². The highest BCUT2D eigenvalue weighted by molar-refractivity contribution is 5.96. The molecule has 0 atom stereocenters. The van der Waals surface area contributed by atoms with E-state index in [0.29, 0.717) is 17.4 Å². The van der Waals surface area contributed by atoms with E-state index < -0.39 is 0 Å². The summed E-state index contributed by atoms with van der Waals surface area (Å²) in [7, 11) is 1.54. The molecule has 3 rings (SSSR count). The number of likely N-dealkylation sites (tertiary alicyclic amines) is 1. The predicted molar refractivity (Wildman–Crippen MR) is 86.4 cm³/mol. The molecule has 0 radical (unpaired) electrons. The molecule has 0 unspecified atom stereocenters. The Balaban J connectivity index is 1.60. The zero-order valence-electron chi connectivity index (χ0n) is 13.6. The number of carbonyl (C=O) groups excluding carboxylic acids is 1. The molecule has 3 heterocycles. The topological polar surface area (TPSA) is 60.2 Å². The minimum atomic E-state index is 0.00668. The molecule has 2 aromatic heterocycles. The Bertz CT molecular complexity index is 675. The summed E-state index contributed by atoms with van der Waals surface area (Å²) in [5.41, 5.74) is 0.541. The molecule has 1 aliphatic rings. The van der Waals surface area contributed by atoms with Gasteiger partial charge in [-0.3, -0.25) is 4.79 Å². The highest BCUT2D eigenvalue weighted by Crippen LogP contribution is 2.23. The second-order valence-electron chi connectivity index (χ2n) is 5.92. The monoisotopic (exact) mass is 314 g/mol. The van der Waals surface area contributed by atoms with Crippen molar-refractivity contribution in [1.29, 1.82) is 0 Å². The number of hydrogen-bond acceptors (Lipinski definition) is 4. The first-order chi connectivity index (χ1) is 11.2. The number of nitrogens with zero attached hydrogens (tertiary/aromatic N) is 4. The fourth-order valence-corrected chi connectivity index (χ4v) is 3.08. The molecule has 1 fully saturated rings. The number of carbonyl (C=O) groups is 1. The average molecular weight is 314 g/mol. The largest absolute Gasteiger partial charge is 0.480 e. The van der Waals surface area contributed by atoms with E-state index in [2.05, 4.69) is 14.5 Å². The standard InChI is InChI=1S/C17H22N4O2/c1-13-18-8-11-21(13)12-14-5-9-20(10-6-14)17(22)15-4-3-7-19-16(15)23-2/h3-4,7-8,11,14H,5-6,9-10,12H2,1-2H3. The number of rotatable bonds is 4. The van der Waals surface area contributed by atoms with Crippen molar-refractivity contribution in [2.75, 3.05) is 20.2 Å². The van der Waals surface area contributed by atoms with Crippen molar-refractivity contribution in [2.24, 2.45) is 5.92 Å². The Morgan fingerprint density at radius 1 is 1.30 bits per heavy atom. The fraction of sp³-hybridized carbons (Fsp3) is 0.471. The lowest BCUT2D eigenvalue weighted by Crippen LogP contribution is -2.39. The molecule has 1 saturated heterocycles. The summed E-state index contributed by atoms with van der Waals surface area (Å²) < 4.78 is 7.38. The molecule has 23 heavy (non-hydrogen) atoms. The Morgan fingerprint density at radius 3 is 2.74 bits per heavy atom. The van der Waals surface area contributed by atoms with Gasteiger partial charge in [-0.25, -0.2) is 9.97 Å². The number of ether oxygens (including phenoxy) is 1. The van der Waals surface area contributed by atoms with Crippen LogP contribution in [0.5, 0.6) is 5.88 Å². The molecule has 0 aromatic carbocycles. The molecule has 1 aliphatic heterocycles. The van der Waals surface area contributed by atoms with Crippen LogP contribution in [0.25, 0.3) is 0 Å². The summed E-state index contributed by atoms with van der Waals surface area (Å²) in [6, 6.07) is 3.54. The molecule has 0 saturated carbocycles. The summed E-state index contributed by atoms with van der Waals surface area (Å²) >= 11 is 0. The van der Waals surface area contributed by atoms with Crippen LogP contribution in [0.2, 0.25) is 0 Å². The summed E-state index contributed by atoms with van der Waals surface area (Å²) in [6.45, 7) is 4.54. The molecule has 2 aromatic rings. The minimum Gasteiger partial charge on any atom is -0.480 e. The quantitative estimate of drug-likeness (QED) is 0.867. The Kier molecular flexibility index (Phi) is 4.60. The van der Waals surface area contributed by atoms with Crippen molar-refractivity contribution in [3.8, 4) is 5.88 Å². The molecule has 1 amide bonds. The summed E-state index contributed by atoms with van der Waals surface area (Å²) in [5, 5.41) is 0. The minimum absolute atomic E-state index is 0.00668. The van der Waals surface area contributed by atoms with E-state index in [0.717, 1.165) is 38.3 Å². The van der Waals surface area contributed by atoms with Gasteiger partial charge in [0.25, 0.3) is 5.91 Å². The van der Waals surface area contributed by atoms with Gasteiger partial charge in [-0.15, -0.1) is 0 Å². The zero-order chi connectivity index (χ0) is 16.2. The fourth-order valence-electron chi connectivity index (χ4n) is 3.08. The van der Waals surface area contributed by atoms with E-state index in [9.17, 15) is 4.79 Å². The SMILES string of the molecule is COc1ncccc1C(=O)N1CCC(Cn2ccnc2C)CC1. The van der Waals surface area contributed by atoms with Gasteiger partial charge in [0.2, 0.25) is 5.88 Å². The van der Waals surface area contributed by atoms with Crippen LogP contribution in [0.3, 0.4) is 0 Å². The van der Waals surface area contributed by atoms with Crippen LogP contribution in [0.1, 0.15) is 29.0 Å². The second kappa shape index (κ2) is 6.81. The third kappa shape index (κ3) is 3.36. The van der Waals surface area contributed by atoms with Crippen LogP contribution in [-0.4, -0.2) is 45.5 Å². The van der Waals surface area contributed by atoms with Crippen molar-refractivity contribution >= 4 is 5.91 Å². The second-order valence-corrected chi connectivity index (χ2v) is 5.92. The van der Waals surface area contributed by atoms with Crippen LogP contribution in [-0.2, 0) is 6.54 Å². The number of methoxy groups -OCH3 is 1. The number of imidazole rings is 1. The number of aromatic nitrogens is 3. The van der Waals surface area contributed by atoms with Crippen molar-refractivity contribution in [1.82, 2.24) is 19.4 Å². The van der Waals surface area contributed by atoms with Crippen molar-refractivity contribution in [3.05, 3.63) is 42.1 Å². The smallest absolute Gasteiger partial charge is 0.259 e. The predicted octanol–water partition coefficient (Wildman–Crippen LogP) is 2.15. The van der Waals surface area contributed by atoms with Gasteiger partial charge >= 0.3 is 0 Å². The Morgan fingerprint density at radius 2 is 2.09 bits per heavy atom. The van der Waals surface area contributed by atoms with E-state index in [1.807, 2.05) is 24.2 Å². The molecule has 6 heteroatoms. The van der Waals surface area contributed by atoms with Crippen LogP contribution < -0.4 is 4.74 Å². The third-order valence-corrected chi connectivity index (χ3v) is 4.48. The zero-order valence-corrected chi connectivity index (χ0v) is 13.6. The van der Waals surface area contributed by atoms with E-state index >= 15 is 0 Å². The number of aryl methyl sites for hydroxylation is 1.